The molecule has 2 rings (SSSR count). The Hall–Kier alpha value is -2.44. The second-order valence-electron chi connectivity index (χ2n) is 4.33. The molecule has 0 radical (unpaired) electrons. The van der Waals surface area contributed by atoms with Gasteiger partial charge >= 0.3 is 0 Å². The summed E-state index contributed by atoms with van der Waals surface area (Å²) < 4.78 is 19.6. The van der Waals surface area contributed by atoms with Crippen molar-refractivity contribution in [3.8, 4) is 5.75 Å². The molecule has 1 N–H and O–H groups in total. The number of nitrogens with one attached hydrogen (secondary N) is 1. The monoisotopic (exact) mass is 278 g/mol. The maximum Gasteiger partial charge on any atom is 0.258 e. The molecule has 0 aliphatic rings. The third-order valence-corrected chi connectivity index (χ3v) is 2.52. The first-order chi connectivity index (χ1) is 9.63. The van der Waals surface area contributed by atoms with Gasteiger partial charge in [-0.25, -0.2) is 9.37 Å². The molecular formula is C13H15FN4O2. The minimum atomic E-state index is -0.344. The van der Waals surface area contributed by atoms with Gasteiger partial charge in [-0.3, -0.25) is 9.48 Å². The van der Waals surface area contributed by atoms with Gasteiger partial charge in [-0.1, -0.05) is 0 Å². The molecule has 1 aromatic heterocycles. The molecule has 0 saturated heterocycles. The van der Waals surface area contributed by atoms with Crippen LogP contribution in [0, 0.1) is 5.82 Å². The lowest BCUT2D eigenvalue weighted by Crippen LogP contribution is -2.38. The van der Waals surface area contributed by atoms with E-state index >= 15 is 0 Å². The highest BCUT2D eigenvalue weighted by atomic mass is 19.1. The van der Waals surface area contributed by atoms with Gasteiger partial charge in [0.2, 0.25) is 0 Å². The smallest absolute Gasteiger partial charge is 0.258 e. The molecule has 0 aliphatic carbocycles. The second kappa shape index (κ2) is 6.65. The molecular weight excluding hydrogens is 263 g/mol. The highest BCUT2D eigenvalue weighted by Gasteiger charge is 2.09. The van der Waals surface area contributed by atoms with Gasteiger partial charge in [0, 0.05) is 6.04 Å². The molecule has 7 heteroatoms. The molecule has 0 aliphatic heterocycles. The zero-order chi connectivity index (χ0) is 14.4. The summed E-state index contributed by atoms with van der Waals surface area (Å²) >= 11 is 0. The number of hydrogen-bond donors (Lipinski definition) is 1. The number of amides is 1. The minimum Gasteiger partial charge on any atom is -0.484 e. The van der Waals surface area contributed by atoms with Crippen molar-refractivity contribution in [1.29, 1.82) is 0 Å². The van der Waals surface area contributed by atoms with E-state index in [2.05, 4.69) is 15.4 Å². The van der Waals surface area contributed by atoms with Crippen LogP contribution in [0.15, 0.2) is 36.9 Å². The van der Waals surface area contributed by atoms with Crippen LogP contribution in [0.5, 0.6) is 5.75 Å². The number of ether oxygens (including phenoxy) is 1. The van der Waals surface area contributed by atoms with Crippen LogP contribution < -0.4 is 10.1 Å². The van der Waals surface area contributed by atoms with Gasteiger partial charge in [0.15, 0.2) is 6.61 Å². The summed E-state index contributed by atoms with van der Waals surface area (Å²) in [6.45, 7) is 2.27. The lowest BCUT2D eigenvalue weighted by molar-refractivity contribution is -0.123. The van der Waals surface area contributed by atoms with Crippen molar-refractivity contribution in [3.63, 3.8) is 0 Å². The summed E-state index contributed by atoms with van der Waals surface area (Å²) in [5.41, 5.74) is 0. The van der Waals surface area contributed by atoms with E-state index in [1.807, 2.05) is 6.92 Å². The number of nitrogens with zero attached hydrogens (tertiary/aromatic N) is 3. The molecule has 0 fully saturated rings. The Kier molecular flexibility index (Phi) is 4.65. The highest BCUT2D eigenvalue weighted by molar-refractivity contribution is 5.77. The topological polar surface area (TPSA) is 69.0 Å². The fraction of sp³-hybridized carbons (Fsp3) is 0.308. The Morgan fingerprint density at radius 3 is 2.85 bits per heavy atom. The molecule has 1 atom stereocenters. The first-order valence-corrected chi connectivity index (χ1v) is 6.13. The molecule has 20 heavy (non-hydrogen) atoms. The number of rotatable bonds is 6. The number of aromatic nitrogens is 3. The first-order valence-electron chi connectivity index (χ1n) is 6.13. The standard InChI is InChI=1S/C13H15FN4O2/c1-10(6-18-9-15-8-16-18)17-13(19)7-20-12-4-2-11(14)3-5-12/h2-5,8-10H,6-7H2,1H3,(H,17,19). The van der Waals surface area contributed by atoms with Crippen LogP contribution in [0.1, 0.15) is 6.92 Å². The van der Waals surface area contributed by atoms with E-state index in [4.69, 9.17) is 4.74 Å². The minimum absolute atomic E-state index is 0.0963. The van der Waals surface area contributed by atoms with Gasteiger partial charge in [-0.05, 0) is 31.2 Å². The van der Waals surface area contributed by atoms with Crippen molar-refractivity contribution in [2.75, 3.05) is 6.61 Å². The van der Waals surface area contributed by atoms with Crippen molar-refractivity contribution < 1.29 is 13.9 Å². The summed E-state index contributed by atoms with van der Waals surface area (Å²) in [6, 6.07) is 5.41. The third kappa shape index (κ3) is 4.34. The second-order valence-corrected chi connectivity index (χ2v) is 4.33. The zero-order valence-corrected chi connectivity index (χ0v) is 11.0. The number of hydrogen-bond acceptors (Lipinski definition) is 4. The van der Waals surface area contributed by atoms with E-state index in [1.165, 1.54) is 30.6 Å². The molecule has 1 heterocycles. The van der Waals surface area contributed by atoms with Gasteiger partial charge in [0.1, 0.15) is 24.2 Å². The predicted octanol–water partition coefficient (Wildman–Crippen LogP) is 1.00. The van der Waals surface area contributed by atoms with Crippen molar-refractivity contribution in [2.24, 2.45) is 0 Å². The fourth-order valence-electron chi connectivity index (χ4n) is 1.65. The van der Waals surface area contributed by atoms with Crippen LogP contribution in [0.25, 0.3) is 0 Å². The maximum absolute atomic E-state index is 12.7. The van der Waals surface area contributed by atoms with Gasteiger partial charge in [-0.15, -0.1) is 0 Å². The summed E-state index contributed by atoms with van der Waals surface area (Å²) in [6.07, 6.45) is 3.02. The Balaban J connectivity index is 1.73. The van der Waals surface area contributed by atoms with Crippen molar-refractivity contribution in [3.05, 3.63) is 42.7 Å². The first kappa shape index (κ1) is 14.0. The van der Waals surface area contributed by atoms with E-state index < -0.39 is 0 Å². The molecule has 0 saturated carbocycles. The van der Waals surface area contributed by atoms with Crippen LogP contribution in [0.3, 0.4) is 0 Å². The van der Waals surface area contributed by atoms with Crippen molar-refractivity contribution in [2.45, 2.75) is 19.5 Å². The van der Waals surface area contributed by atoms with E-state index in [9.17, 15) is 9.18 Å². The Morgan fingerprint density at radius 2 is 2.20 bits per heavy atom. The molecule has 0 spiro atoms. The fourth-order valence-corrected chi connectivity index (χ4v) is 1.65. The predicted molar refractivity (Wildman–Crippen MR) is 69.5 cm³/mol. The average molecular weight is 278 g/mol. The van der Waals surface area contributed by atoms with E-state index in [-0.39, 0.29) is 24.4 Å². The molecule has 2 aromatic rings. The Labute approximate surface area is 115 Å². The van der Waals surface area contributed by atoms with Gasteiger partial charge < -0.3 is 10.1 Å². The summed E-state index contributed by atoms with van der Waals surface area (Å²) in [7, 11) is 0. The van der Waals surface area contributed by atoms with Crippen LogP contribution in [-0.2, 0) is 11.3 Å². The summed E-state index contributed by atoms with van der Waals surface area (Å²) in [5, 5.41) is 6.73. The SMILES string of the molecule is CC(Cn1cncn1)NC(=O)COc1ccc(F)cc1. The largest absolute Gasteiger partial charge is 0.484 e. The van der Waals surface area contributed by atoms with Crippen molar-refractivity contribution in [1.82, 2.24) is 20.1 Å². The van der Waals surface area contributed by atoms with Crippen LogP contribution in [0.4, 0.5) is 4.39 Å². The van der Waals surface area contributed by atoms with E-state index in [0.29, 0.717) is 12.3 Å². The summed E-state index contributed by atoms with van der Waals surface area (Å²) in [4.78, 5) is 15.5. The maximum atomic E-state index is 12.7. The van der Waals surface area contributed by atoms with Crippen LogP contribution in [0.2, 0.25) is 0 Å². The quantitative estimate of drug-likeness (QED) is 0.856. The lowest BCUT2D eigenvalue weighted by atomic mass is 10.3. The lowest BCUT2D eigenvalue weighted by Gasteiger charge is -2.14. The zero-order valence-electron chi connectivity index (χ0n) is 11.0. The van der Waals surface area contributed by atoms with Crippen LogP contribution in [-0.4, -0.2) is 33.3 Å². The highest BCUT2D eigenvalue weighted by Crippen LogP contribution is 2.10. The molecule has 6 nitrogen and oxygen atoms in total. The molecule has 1 amide bonds. The number of carbonyl (C=O) groups excluding carboxylic acids is 1. The normalized spacial score (nSPS) is 11.9. The molecule has 1 aromatic carbocycles. The number of halogens is 1. The van der Waals surface area contributed by atoms with Gasteiger partial charge in [0.05, 0.1) is 6.54 Å². The molecule has 106 valence electrons. The number of carbonyl (C=O) groups is 1. The Morgan fingerprint density at radius 1 is 1.45 bits per heavy atom. The average Bonchev–Trinajstić information content (AvgIpc) is 2.90. The van der Waals surface area contributed by atoms with Crippen LogP contribution >= 0.6 is 0 Å². The van der Waals surface area contributed by atoms with Crippen molar-refractivity contribution >= 4 is 5.91 Å². The van der Waals surface area contributed by atoms with E-state index in [1.54, 1.807) is 11.0 Å². The summed E-state index contributed by atoms with van der Waals surface area (Å²) in [5.74, 6) is -0.143. The Bertz CT molecular complexity index is 542. The van der Waals surface area contributed by atoms with Gasteiger partial charge in [-0.2, -0.15) is 5.10 Å². The van der Waals surface area contributed by atoms with E-state index in [0.717, 1.165) is 0 Å². The third-order valence-electron chi connectivity index (χ3n) is 2.52. The number of benzene rings is 1. The molecule has 0 bridgehead atoms. The van der Waals surface area contributed by atoms with Gasteiger partial charge in [0.25, 0.3) is 5.91 Å². The molecule has 1 unspecified atom stereocenters.